The summed E-state index contributed by atoms with van der Waals surface area (Å²) in [6, 6.07) is 23.2. The van der Waals surface area contributed by atoms with E-state index in [0.717, 1.165) is 22.3 Å². The van der Waals surface area contributed by atoms with E-state index in [1.807, 2.05) is 36.4 Å². The van der Waals surface area contributed by atoms with Crippen LogP contribution in [0.3, 0.4) is 0 Å². The lowest BCUT2D eigenvalue weighted by atomic mass is 9.47. The molecule has 1 aliphatic heterocycles. The van der Waals surface area contributed by atoms with Gasteiger partial charge >= 0.3 is 0 Å². The molecule has 0 saturated carbocycles. The van der Waals surface area contributed by atoms with Crippen LogP contribution in [-0.2, 0) is 24.5 Å². The van der Waals surface area contributed by atoms with Crippen LogP contribution in [0.25, 0.3) is 0 Å². The first-order valence-corrected chi connectivity index (χ1v) is 11.4. The van der Waals surface area contributed by atoms with Gasteiger partial charge in [-0.25, -0.2) is 4.90 Å². The highest BCUT2D eigenvalue weighted by Gasteiger charge is 2.71. The molecule has 1 saturated heterocycles. The predicted octanol–water partition coefficient (Wildman–Crippen LogP) is 3.86. The molecule has 0 unspecified atom stereocenters. The summed E-state index contributed by atoms with van der Waals surface area (Å²) in [5.74, 6) is -1.17. The first-order valence-electron chi connectivity index (χ1n) is 11.4. The summed E-state index contributed by atoms with van der Waals surface area (Å²) in [7, 11) is 4.76. The Morgan fingerprint density at radius 3 is 1.85 bits per heavy atom. The number of carbonyl (C=O) groups excluding carboxylic acids is 2. The topological polar surface area (TPSA) is 65.1 Å². The molecule has 3 aliphatic carbocycles. The molecule has 34 heavy (non-hydrogen) atoms. The van der Waals surface area contributed by atoms with Crippen LogP contribution in [0, 0.1) is 11.8 Å². The summed E-state index contributed by atoms with van der Waals surface area (Å²) < 4.78 is 17.1. The molecule has 3 aromatic rings. The van der Waals surface area contributed by atoms with E-state index in [0.29, 0.717) is 11.4 Å². The fourth-order valence-electron chi connectivity index (χ4n) is 6.68. The van der Waals surface area contributed by atoms with Crippen molar-refractivity contribution in [2.24, 2.45) is 11.8 Å². The van der Waals surface area contributed by atoms with Crippen molar-refractivity contribution >= 4 is 17.5 Å². The van der Waals surface area contributed by atoms with Gasteiger partial charge in [-0.3, -0.25) is 9.59 Å². The van der Waals surface area contributed by atoms with Crippen molar-refractivity contribution in [3.05, 3.63) is 95.1 Å². The van der Waals surface area contributed by atoms with E-state index in [-0.39, 0.29) is 17.7 Å². The number of hydrogen-bond acceptors (Lipinski definition) is 5. The minimum Gasteiger partial charge on any atom is -0.497 e. The second kappa shape index (κ2) is 7.52. The average Bonchev–Trinajstić information content (AvgIpc) is 3.16. The number of carbonyl (C=O) groups is 2. The Balaban J connectivity index is 1.64. The standard InChI is InChI=1S/C28H25NO5/c1-32-17-14-12-16(13-15-17)29-25(30)23-22-18-8-4-6-10-20(18)28(24(23)26(29)31,27(33-2)34-3)21-11-7-5-9-19(21)22/h4-15,22-24,27H,1-3H3/t22?,23-,24-,28?/m1/s1. The van der Waals surface area contributed by atoms with Gasteiger partial charge in [-0.2, -0.15) is 0 Å². The lowest BCUT2D eigenvalue weighted by molar-refractivity contribution is -0.168. The van der Waals surface area contributed by atoms with Crippen LogP contribution in [0.2, 0.25) is 0 Å². The Morgan fingerprint density at radius 2 is 1.32 bits per heavy atom. The van der Waals surface area contributed by atoms with Crippen LogP contribution >= 0.6 is 0 Å². The van der Waals surface area contributed by atoms with Crippen LogP contribution < -0.4 is 9.64 Å². The highest BCUT2D eigenvalue weighted by Crippen LogP contribution is 2.65. The summed E-state index contributed by atoms with van der Waals surface area (Å²) in [5.41, 5.74) is 3.68. The average molecular weight is 456 g/mol. The fraction of sp³-hybridized carbons (Fsp3) is 0.286. The predicted molar refractivity (Wildman–Crippen MR) is 126 cm³/mol. The SMILES string of the molecule is COc1ccc(N2C(=O)[C@@H]3C4c5ccccc5C(C(OC)OC)(c5ccccc54)[C@H]3C2=O)cc1. The van der Waals surface area contributed by atoms with Gasteiger partial charge in [0.25, 0.3) is 0 Å². The van der Waals surface area contributed by atoms with Crippen LogP contribution in [0.4, 0.5) is 5.69 Å². The highest BCUT2D eigenvalue weighted by molar-refractivity contribution is 6.23. The van der Waals surface area contributed by atoms with Gasteiger partial charge in [0.1, 0.15) is 5.75 Å². The zero-order valence-corrected chi connectivity index (χ0v) is 19.2. The summed E-state index contributed by atoms with van der Waals surface area (Å²) in [5, 5.41) is 0. The maximum atomic E-state index is 14.2. The number of hydrogen-bond donors (Lipinski definition) is 0. The van der Waals surface area contributed by atoms with E-state index >= 15 is 0 Å². The third-order valence-corrected chi connectivity index (χ3v) is 7.81. The molecule has 2 atom stereocenters. The zero-order chi connectivity index (χ0) is 23.6. The third kappa shape index (κ3) is 2.42. The summed E-state index contributed by atoms with van der Waals surface area (Å²) in [4.78, 5) is 29.6. The van der Waals surface area contributed by atoms with E-state index in [4.69, 9.17) is 14.2 Å². The molecule has 1 heterocycles. The molecule has 0 spiro atoms. The van der Waals surface area contributed by atoms with Gasteiger partial charge < -0.3 is 14.2 Å². The molecular formula is C28H25NO5. The van der Waals surface area contributed by atoms with Gasteiger partial charge in [0.15, 0.2) is 6.29 Å². The minimum absolute atomic E-state index is 0.190. The smallest absolute Gasteiger partial charge is 0.239 e. The van der Waals surface area contributed by atoms with Crippen molar-refractivity contribution in [2.75, 3.05) is 26.2 Å². The second-order valence-corrected chi connectivity index (χ2v) is 9.04. The monoisotopic (exact) mass is 455 g/mol. The van der Waals surface area contributed by atoms with E-state index in [9.17, 15) is 9.59 Å². The van der Waals surface area contributed by atoms with E-state index in [1.54, 1.807) is 45.6 Å². The summed E-state index contributed by atoms with van der Waals surface area (Å²) in [6.45, 7) is 0. The molecule has 1 fully saturated rings. The minimum atomic E-state index is -0.954. The first kappa shape index (κ1) is 21.1. The first-order chi connectivity index (χ1) is 16.6. The highest BCUT2D eigenvalue weighted by atomic mass is 16.7. The maximum absolute atomic E-state index is 14.2. The van der Waals surface area contributed by atoms with Crippen molar-refractivity contribution in [3.8, 4) is 5.75 Å². The van der Waals surface area contributed by atoms with Crippen molar-refractivity contribution < 1.29 is 23.8 Å². The molecule has 172 valence electrons. The molecule has 6 heteroatoms. The molecule has 3 aromatic carbocycles. The summed E-state index contributed by atoms with van der Waals surface area (Å²) >= 11 is 0. The molecule has 0 radical (unpaired) electrons. The number of benzene rings is 3. The molecular weight excluding hydrogens is 430 g/mol. The maximum Gasteiger partial charge on any atom is 0.239 e. The number of methoxy groups -OCH3 is 3. The Bertz CT molecular complexity index is 1250. The quantitative estimate of drug-likeness (QED) is 0.432. The molecule has 6 nitrogen and oxygen atoms in total. The third-order valence-electron chi connectivity index (χ3n) is 7.81. The van der Waals surface area contributed by atoms with Crippen molar-refractivity contribution in [2.45, 2.75) is 17.6 Å². The van der Waals surface area contributed by atoms with E-state index in [1.165, 1.54) is 4.90 Å². The van der Waals surface area contributed by atoms with Gasteiger partial charge in [-0.1, -0.05) is 48.5 Å². The van der Waals surface area contributed by atoms with E-state index < -0.39 is 23.5 Å². The number of nitrogens with zero attached hydrogens (tertiary/aromatic N) is 1. The Labute approximate surface area is 198 Å². The second-order valence-electron chi connectivity index (χ2n) is 9.04. The molecule has 2 bridgehead atoms. The molecule has 4 aliphatic rings. The molecule has 0 aromatic heterocycles. The van der Waals surface area contributed by atoms with Crippen LogP contribution in [0.15, 0.2) is 72.8 Å². The molecule has 7 rings (SSSR count). The number of amides is 2. The van der Waals surface area contributed by atoms with Gasteiger partial charge in [-0.05, 0) is 46.5 Å². The van der Waals surface area contributed by atoms with E-state index in [2.05, 4.69) is 12.1 Å². The Hall–Kier alpha value is -3.48. The lowest BCUT2D eigenvalue weighted by Crippen LogP contribution is -2.60. The number of imide groups is 1. The summed E-state index contributed by atoms with van der Waals surface area (Å²) in [6.07, 6.45) is -0.754. The van der Waals surface area contributed by atoms with Crippen molar-refractivity contribution in [3.63, 3.8) is 0 Å². The van der Waals surface area contributed by atoms with Crippen LogP contribution in [0.1, 0.15) is 28.2 Å². The van der Waals surface area contributed by atoms with Crippen LogP contribution in [0.5, 0.6) is 5.75 Å². The Morgan fingerprint density at radius 1 is 0.765 bits per heavy atom. The fourth-order valence-corrected chi connectivity index (χ4v) is 6.68. The zero-order valence-electron chi connectivity index (χ0n) is 19.2. The van der Waals surface area contributed by atoms with Gasteiger partial charge in [0, 0.05) is 20.1 Å². The normalized spacial score (nSPS) is 26.5. The number of anilines is 1. The number of rotatable bonds is 5. The molecule has 0 N–H and O–H groups in total. The lowest BCUT2D eigenvalue weighted by Gasteiger charge is -2.56. The van der Waals surface area contributed by atoms with Gasteiger partial charge in [0.05, 0.1) is 30.0 Å². The number of ether oxygens (including phenoxy) is 3. The van der Waals surface area contributed by atoms with Gasteiger partial charge in [-0.15, -0.1) is 0 Å². The Kier molecular flexibility index (Phi) is 4.66. The largest absolute Gasteiger partial charge is 0.497 e. The molecule has 2 amide bonds. The van der Waals surface area contributed by atoms with Gasteiger partial charge in [0.2, 0.25) is 11.8 Å². The van der Waals surface area contributed by atoms with Crippen molar-refractivity contribution in [1.29, 1.82) is 0 Å². The van der Waals surface area contributed by atoms with Crippen molar-refractivity contribution in [1.82, 2.24) is 0 Å². The van der Waals surface area contributed by atoms with Crippen LogP contribution in [-0.4, -0.2) is 39.4 Å².